The maximum atomic E-state index is 12.4. The Hall–Kier alpha value is -4.14. The fourth-order valence-electron chi connectivity index (χ4n) is 2.22. The number of aliphatic carboxylic acids is 1. The van der Waals surface area contributed by atoms with E-state index in [2.05, 4.69) is 10.6 Å². The van der Waals surface area contributed by atoms with Gasteiger partial charge in [0.05, 0.1) is 5.56 Å². The Morgan fingerprint density at radius 2 is 1.70 bits per heavy atom. The molecule has 27 heavy (non-hydrogen) atoms. The van der Waals surface area contributed by atoms with Gasteiger partial charge >= 0.3 is 11.9 Å². The summed E-state index contributed by atoms with van der Waals surface area (Å²) in [6.07, 6.45) is 1.99. The molecule has 138 valence electrons. The van der Waals surface area contributed by atoms with Crippen molar-refractivity contribution in [2.75, 3.05) is 10.6 Å². The number of amides is 1. The van der Waals surface area contributed by atoms with Crippen molar-refractivity contribution in [1.29, 1.82) is 5.41 Å². The van der Waals surface area contributed by atoms with Crippen molar-refractivity contribution in [3.05, 3.63) is 65.2 Å². The Balaban J connectivity index is 2.25. The summed E-state index contributed by atoms with van der Waals surface area (Å²) in [4.78, 5) is 34.4. The number of nitrogens with two attached hydrogens (primary N) is 1. The van der Waals surface area contributed by atoms with Gasteiger partial charge in [-0.1, -0.05) is 12.1 Å². The minimum atomic E-state index is -1.26. The van der Waals surface area contributed by atoms with E-state index >= 15 is 0 Å². The minimum absolute atomic E-state index is 0.155. The van der Waals surface area contributed by atoms with Gasteiger partial charge in [-0.15, -0.1) is 0 Å². The van der Waals surface area contributed by atoms with Crippen LogP contribution in [-0.2, 0) is 4.79 Å². The molecule has 0 aliphatic heterocycles. The molecule has 0 aliphatic carbocycles. The topological polar surface area (TPSA) is 166 Å². The lowest BCUT2D eigenvalue weighted by Gasteiger charge is -2.10. The number of guanidine groups is 1. The molecule has 9 nitrogen and oxygen atoms in total. The highest BCUT2D eigenvalue weighted by molar-refractivity contribution is 6.06. The zero-order valence-electron chi connectivity index (χ0n) is 13.9. The Labute approximate surface area is 153 Å². The van der Waals surface area contributed by atoms with Gasteiger partial charge < -0.3 is 26.6 Å². The predicted octanol–water partition coefficient (Wildman–Crippen LogP) is 2.04. The average Bonchev–Trinajstić information content (AvgIpc) is 2.60. The molecule has 2 aromatic rings. The normalized spacial score (nSPS) is 10.4. The van der Waals surface area contributed by atoms with Crippen molar-refractivity contribution < 1.29 is 24.6 Å². The van der Waals surface area contributed by atoms with E-state index in [0.29, 0.717) is 5.69 Å². The van der Waals surface area contributed by atoms with Crippen molar-refractivity contribution in [2.45, 2.75) is 0 Å². The van der Waals surface area contributed by atoms with E-state index in [1.54, 1.807) is 18.2 Å². The molecule has 2 aromatic carbocycles. The monoisotopic (exact) mass is 368 g/mol. The first kappa shape index (κ1) is 19.2. The first-order valence-electron chi connectivity index (χ1n) is 7.57. The second kappa shape index (κ2) is 8.30. The summed E-state index contributed by atoms with van der Waals surface area (Å²) in [6, 6.07) is 10.4. The van der Waals surface area contributed by atoms with E-state index in [1.165, 1.54) is 24.3 Å². The van der Waals surface area contributed by atoms with Crippen LogP contribution in [0.4, 0.5) is 11.4 Å². The SMILES string of the molecule is N=C(N)Nc1cccc(C(=O)Nc2ccc(/C=C/C(=O)O)c(C(=O)O)c2)c1. The van der Waals surface area contributed by atoms with Crippen molar-refractivity contribution >= 4 is 41.3 Å². The molecular formula is C18H16N4O5. The van der Waals surface area contributed by atoms with Gasteiger partial charge in [0.15, 0.2) is 5.96 Å². The Morgan fingerprint density at radius 3 is 2.33 bits per heavy atom. The summed E-state index contributed by atoms with van der Waals surface area (Å²) < 4.78 is 0. The molecule has 0 aromatic heterocycles. The summed E-state index contributed by atoms with van der Waals surface area (Å²) >= 11 is 0. The van der Waals surface area contributed by atoms with E-state index in [0.717, 1.165) is 12.2 Å². The third-order valence-corrected chi connectivity index (χ3v) is 3.35. The number of carboxylic acid groups (broad SMARTS) is 2. The largest absolute Gasteiger partial charge is 0.478 e. The van der Waals surface area contributed by atoms with Crippen LogP contribution in [0.1, 0.15) is 26.3 Å². The van der Waals surface area contributed by atoms with Gasteiger partial charge in [0.1, 0.15) is 0 Å². The molecule has 0 bridgehead atoms. The molecule has 0 saturated heterocycles. The lowest BCUT2D eigenvalue weighted by molar-refractivity contribution is -0.131. The standard InChI is InChI=1S/C18H16N4O5/c19-18(20)22-12-3-1-2-11(8-12)16(25)21-13-6-4-10(5-7-15(23)24)14(9-13)17(26)27/h1-9H,(H,21,25)(H,23,24)(H,26,27)(H4,19,20,22)/b7-5+. The van der Waals surface area contributed by atoms with Crippen molar-refractivity contribution in [3.63, 3.8) is 0 Å². The minimum Gasteiger partial charge on any atom is -0.478 e. The predicted molar refractivity (Wildman–Crippen MR) is 100 cm³/mol. The zero-order chi connectivity index (χ0) is 20.0. The smallest absolute Gasteiger partial charge is 0.336 e. The maximum Gasteiger partial charge on any atom is 0.336 e. The molecular weight excluding hydrogens is 352 g/mol. The number of benzene rings is 2. The second-order valence-electron chi connectivity index (χ2n) is 5.35. The highest BCUT2D eigenvalue weighted by Gasteiger charge is 2.12. The zero-order valence-corrected chi connectivity index (χ0v) is 13.9. The van der Waals surface area contributed by atoms with Crippen LogP contribution in [0.15, 0.2) is 48.5 Å². The van der Waals surface area contributed by atoms with Gasteiger partial charge in [-0.05, 0) is 42.0 Å². The van der Waals surface area contributed by atoms with Crippen LogP contribution in [-0.4, -0.2) is 34.0 Å². The third kappa shape index (κ3) is 5.43. The summed E-state index contributed by atoms with van der Waals surface area (Å²) in [6.45, 7) is 0. The number of carboxylic acids is 2. The summed E-state index contributed by atoms with van der Waals surface area (Å²) in [5.74, 6) is -3.23. The molecule has 0 aliphatic rings. The van der Waals surface area contributed by atoms with Crippen molar-refractivity contribution in [2.24, 2.45) is 5.73 Å². The lowest BCUT2D eigenvalue weighted by atomic mass is 10.1. The van der Waals surface area contributed by atoms with Gasteiger partial charge in [-0.2, -0.15) is 0 Å². The molecule has 0 fully saturated rings. The van der Waals surface area contributed by atoms with Crippen LogP contribution >= 0.6 is 0 Å². The number of carbonyl (C=O) groups is 3. The van der Waals surface area contributed by atoms with Gasteiger partial charge in [-0.3, -0.25) is 10.2 Å². The van der Waals surface area contributed by atoms with E-state index in [-0.39, 0.29) is 28.3 Å². The average molecular weight is 368 g/mol. The highest BCUT2D eigenvalue weighted by Crippen LogP contribution is 2.19. The molecule has 2 rings (SSSR count). The summed E-state index contributed by atoms with van der Waals surface area (Å²) in [7, 11) is 0. The molecule has 0 atom stereocenters. The van der Waals surface area contributed by atoms with Crippen LogP contribution in [0.25, 0.3) is 6.08 Å². The summed E-state index contributed by atoms with van der Waals surface area (Å²) in [5.41, 5.74) is 6.24. The fraction of sp³-hybridized carbons (Fsp3) is 0. The number of hydrogen-bond donors (Lipinski definition) is 6. The maximum absolute atomic E-state index is 12.4. The van der Waals surface area contributed by atoms with Crippen LogP contribution in [0.3, 0.4) is 0 Å². The number of hydrogen-bond acceptors (Lipinski definition) is 4. The summed E-state index contributed by atoms with van der Waals surface area (Å²) in [5, 5.41) is 30.3. The molecule has 0 radical (unpaired) electrons. The van der Waals surface area contributed by atoms with Gasteiger partial charge in [0, 0.05) is 23.0 Å². The number of nitrogens with one attached hydrogen (secondary N) is 3. The molecule has 0 spiro atoms. The molecule has 0 unspecified atom stereocenters. The Kier molecular flexibility index (Phi) is 5.90. The first-order chi connectivity index (χ1) is 12.8. The molecule has 1 amide bonds. The quantitative estimate of drug-likeness (QED) is 0.258. The van der Waals surface area contributed by atoms with Gasteiger partial charge in [-0.25, -0.2) is 9.59 Å². The Bertz CT molecular complexity index is 953. The van der Waals surface area contributed by atoms with E-state index in [1.807, 2.05) is 0 Å². The Morgan fingerprint density at radius 1 is 1.00 bits per heavy atom. The first-order valence-corrected chi connectivity index (χ1v) is 7.57. The fourth-order valence-corrected chi connectivity index (χ4v) is 2.22. The molecule has 9 heteroatoms. The van der Waals surface area contributed by atoms with Crippen molar-refractivity contribution in [3.8, 4) is 0 Å². The van der Waals surface area contributed by atoms with Crippen LogP contribution in [0.5, 0.6) is 0 Å². The third-order valence-electron chi connectivity index (χ3n) is 3.35. The second-order valence-corrected chi connectivity index (χ2v) is 5.35. The molecule has 0 saturated carbocycles. The van der Waals surface area contributed by atoms with Crippen LogP contribution in [0, 0.1) is 5.41 Å². The van der Waals surface area contributed by atoms with E-state index < -0.39 is 17.8 Å². The van der Waals surface area contributed by atoms with Gasteiger partial charge in [0.25, 0.3) is 5.91 Å². The van der Waals surface area contributed by atoms with Crippen molar-refractivity contribution in [1.82, 2.24) is 0 Å². The molecule has 7 N–H and O–H groups in total. The lowest BCUT2D eigenvalue weighted by Crippen LogP contribution is -2.21. The van der Waals surface area contributed by atoms with Crippen LogP contribution in [0.2, 0.25) is 0 Å². The highest BCUT2D eigenvalue weighted by atomic mass is 16.4. The van der Waals surface area contributed by atoms with E-state index in [4.69, 9.17) is 16.2 Å². The number of rotatable bonds is 6. The van der Waals surface area contributed by atoms with Gasteiger partial charge in [0.2, 0.25) is 0 Å². The number of anilines is 2. The number of carbonyl (C=O) groups excluding carboxylic acids is 1. The molecule has 0 heterocycles. The van der Waals surface area contributed by atoms with Crippen LogP contribution < -0.4 is 16.4 Å². The number of aromatic carboxylic acids is 1. The van der Waals surface area contributed by atoms with E-state index in [9.17, 15) is 19.5 Å².